The summed E-state index contributed by atoms with van der Waals surface area (Å²) in [6.45, 7) is 0.444. The topological polar surface area (TPSA) is 80.3 Å². The average Bonchev–Trinajstić information content (AvgIpc) is 3.05. The molecule has 0 aliphatic rings. The summed E-state index contributed by atoms with van der Waals surface area (Å²) in [4.78, 5) is 17.6. The van der Waals surface area contributed by atoms with Crippen LogP contribution in [-0.4, -0.2) is 24.5 Å². The van der Waals surface area contributed by atoms with E-state index in [1.54, 1.807) is 18.7 Å². The van der Waals surface area contributed by atoms with Crippen molar-refractivity contribution in [2.75, 3.05) is 0 Å². The molecule has 0 radical (unpaired) electrons. The number of imidazole rings is 1. The number of hydrogen-bond acceptors (Lipinski definition) is 5. The summed E-state index contributed by atoms with van der Waals surface area (Å²) in [5, 5.41) is 9.31. The van der Waals surface area contributed by atoms with Gasteiger partial charge in [-0.3, -0.25) is 0 Å². The van der Waals surface area contributed by atoms with E-state index in [1.165, 1.54) is 0 Å². The second-order valence-electron chi connectivity index (χ2n) is 5.24. The Morgan fingerprint density at radius 2 is 1.88 bits per heavy atom. The third-order valence-electron chi connectivity index (χ3n) is 3.69. The highest BCUT2D eigenvalue weighted by atomic mass is 15.1. The minimum atomic E-state index is 0.444. The van der Waals surface area contributed by atoms with E-state index in [9.17, 15) is 5.26 Å². The molecule has 0 aliphatic carbocycles. The van der Waals surface area contributed by atoms with Crippen LogP contribution < -0.4 is 0 Å². The third-order valence-corrected chi connectivity index (χ3v) is 3.69. The number of fused-ring (bicyclic) bond motifs is 1. The molecule has 3 heterocycles. The zero-order valence-corrected chi connectivity index (χ0v) is 12.7. The second kappa shape index (κ2) is 5.89. The molecule has 4 aromatic rings. The lowest BCUT2D eigenvalue weighted by atomic mass is 10.1. The third kappa shape index (κ3) is 2.48. The summed E-state index contributed by atoms with van der Waals surface area (Å²) in [5.41, 5.74) is 3.60. The van der Waals surface area contributed by atoms with Gasteiger partial charge in [-0.2, -0.15) is 5.26 Å². The molecule has 0 unspecified atom stereocenters. The van der Waals surface area contributed by atoms with Gasteiger partial charge in [0.15, 0.2) is 5.65 Å². The Morgan fingerprint density at radius 1 is 1.00 bits per heavy atom. The van der Waals surface area contributed by atoms with Crippen molar-refractivity contribution in [1.29, 1.82) is 5.26 Å². The van der Waals surface area contributed by atoms with E-state index in [-0.39, 0.29) is 0 Å². The number of hydrogen-bond donors (Lipinski definition) is 0. The molecule has 0 saturated carbocycles. The molecule has 0 atom stereocenters. The SMILES string of the molecule is N#Cc1cnc(Cn2cnc3cccnc32)nc1-c1ccccc1. The van der Waals surface area contributed by atoms with E-state index >= 15 is 0 Å². The number of nitriles is 1. The van der Waals surface area contributed by atoms with E-state index in [2.05, 4.69) is 26.0 Å². The molecular formula is C18H12N6. The quantitative estimate of drug-likeness (QED) is 0.581. The van der Waals surface area contributed by atoms with Crippen LogP contribution in [0, 0.1) is 11.3 Å². The predicted octanol–water partition coefficient (Wildman–Crippen LogP) is 2.81. The molecular weight excluding hydrogens is 300 g/mol. The molecule has 4 rings (SSSR count). The average molecular weight is 312 g/mol. The molecule has 114 valence electrons. The van der Waals surface area contributed by atoms with E-state index in [1.807, 2.05) is 47.0 Å². The van der Waals surface area contributed by atoms with E-state index in [4.69, 9.17) is 0 Å². The Bertz CT molecular complexity index is 1050. The van der Waals surface area contributed by atoms with Gasteiger partial charge in [0.25, 0.3) is 0 Å². The maximum atomic E-state index is 9.31. The van der Waals surface area contributed by atoms with Crippen molar-refractivity contribution in [3.05, 3.63) is 72.6 Å². The van der Waals surface area contributed by atoms with Gasteiger partial charge >= 0.3 is 0 Å². The van der Waals surface area contributed by atoms with Gasteiger partial charge in [-0.05, 0) is 12.1 Å². The minimum Gasteiger partial charge on any atom is -0.308 e. The van der Waals surface area contributed by atoms with Crippen molar-refractivity contribution in [3.8, 4) is 17.3 Å². The van der Waals surface area contributed by atoms with Crippen molar-refractivity contribution in [1.82, 2.24) is 24.5 Å². The number of nitrogens with zero attached hydrogens (tertiary/aromatic N) is 6. The van der Waals surface area contributed by atoms with Gasteiger partial charge in [-0.1, -0.05) is 30.3 Å². The summed E-state index contributed by atoms with van der Waals surface area (Å²) in [7, 11) is 0. The lowest BCUT2D eigenvalue weighted by Crippen LogP contribution is -2.06. The Hall–Kier alpha value is -3.59. The highest BCUT2D eigenvalue weighted by molar-refractivity contribution is 5.70. The van der Waals surface area contributed by atoms with Crippen LogP contribution in [0.2, 0.25) is 0 Å². The first-order valence-electron chi connectivity index (χ1n) is 7.42. The van der Waals surface area contributed by atoms with Crippen LogP contribution >= 0.6 is 0 Å². The summed E-state index contributed by atoms with van der Waals surface area (Å²) in [6.07, 6.45) is 5.02. The largest absolute Gasteiger partial charge is 0.308 e. The lowest BCUT2D eigenvalue weighted by Gasteiger charge is -2.07. The number of benzene rings is 1. The molecule has 0 bridgehead atoms. The van der Waals surface area contributed by atoms with Crippen LogP contribution in [0.3, 0.4) is 0 Å². The summed E-state index contributed by atoms with van der Waals surface area (Å²) in [5.74, 6) is 0.609. The maximum Gasteiger partial charge on any atom is 0.160 e. The first-order chi connectivity index (χ1) is 11.8. The molecule has 0 spiro atoms. The number of aromatic nitrogens is 5. The Balaban J connectivity index is 1.76. The molecule has 0 N–H and O–H groups in total. The van der Waals surface area contributed by atoms with Crippen molar-refractivity contribution >= 4 is 11.2 Å². The molecule has 24 heavy (non-hydrogen) atoms. The zero-order valence-electron chi connectivity index (χ0n) is 12.7. The molecule has 6 nitrogen and oxygen atoms in total. The van der Waals surface area contributed by atoms with Gasteiger partial charge in [0, 0.05) is 18.0 Å². The first-order valence-corrected chi connectivity index (χ1v) is 7.42. The fourth-order valence-electron chi connectivity index (χ4n) is 2.56. The minimum absolute atomic E-state index is 0.444. The highest BCUT2D eigenvalue weighted by Crippen LogP contribution is 2.20. The van der Waals surface area contributed by atoms with E-state index in [0.29, 0.717) is 23.6 Å². The smallest absolute Gasteiger partial charge is 0.160 e. The lowest BCUT2D eigenvalue weighted by molar-refractivity contribution is 0.757. The fraction of sp³-hybridized carbons (Fsp3) is 0.0556. The Labute approximate surface area is 138 Å². The van der Waals surface area contributed by atoms with Crippen molar-refractivity contribution in [2.24, 2.45) is 0 Å². The van der Waals surface area contributed by atoms with Gasteiger partial charge in [0.05, 0.1) is 24.1 Å². The molecule has 0 fully saturated rings. The number of rotatable bonds is 3. The van der Waals surface area contributed by atoms with Crippen LogP contribution in [-0.2, 0) is 6.54 Å². The second-order valence-corrected chi connectivity index (χ2v) is 5.24. The van der Waals surface area contributed by atoms with E-state index < -0.39 is 0 Å². The monoisotopic (exact) mass is 312 g/mol. The van der Waals surface area contributed by atoms with Gasteiger partial charge < -0.3 is 4.57 Å². The Kier molecular flexibility index (Phi) is 3.45. The van der Waals surface area contributed by atoms with Crippen LogP contribution in [0.1, 0.15) is 11.4 Å². The van der Waals surface area contributed by atoms with E-state index in [0.717, 1.165) is 16.7 Å². The molecule has 1 aromatic carbocycles. The molecule has 0 aliphatic heterocycles. The van der Waals surface area contributed by atoms with Gasteiger partial charge in [-0.25, -0.2) is 19.9 Å². The van der Waals surface area contributed by atoms with Gasteiger partial charge in [0.1, 0.15) is 17.4 Å². The molecule has 0 saturated heterocycles. The zero-order chi connectivity index (χ0) is 16.4. The molecule has 3 aromatic heterocycles. The van der Waals surface area contributed by atoms with Crippen molar-refractivity contribution in [2.45, 2.75) is 6.54 Å². The molecule has 0 amide bonds. The summed E-state index contributed by atoms with van der Waals surface area (Å²) >= 11 is 0. The van der Waals surface area contributed by atoms with Crippen LogP contribution in [0.4, 0.5) is 0 Å². The predicted molar refractivity (Wildman–Crippen MR) is 88.8 cm³/mol. The first kappa shape index (κ1) is 14.0. The normalized spacial score (nSPS) is 10.6. The summed E-state index contributed by atoms with van der Waals surface area (Å²) in [6, 6.07) is 15.6. The van der Waals surface area contributed by atoms with Crippen LogP contribution in [0.25, 0.3) is 22.4 Å². The maximum absolute atomic E-state index is 9.31. The Morgan fingerprint density at radius 3 is 2.71 bits per heavy atom. The number of pyridine rings is 1. The highest BCUT2D eigenvalue weighted by Gasteiger charge is 2.11. The van der Waals surface area contributed by atoms with Gasteiger partial charge in [0.2, 0.25) is 0 Å². The van der Waals surface area contributed by atoms with Crippen molar-refractivity contribution < 1.29 is 0 Å². The molecule has 6 heteroatoms. The fourth-order valence-corrected chi connectivity index (χ4v) is 2.56. The van der Waals surface area contributed by atoms with Crippen LogP contribution in [0.5, 0.6) is 0 Å². The van der Waals surface area contributed by atoms with Crippen molar-refractivity contribution in [3.63, 3.8) is 0 Å². The standard InChI is InChI=1S/C18H12N6/c19-9-14-10-21-16(23-17(14)13-5-2-1-3-6-13)11-24-12-22-15-7-4-8-20-18(15)24/h1-8,10,12H,11H2. The summed E-state index contributed by atoms with van der Waals surface area (Å²) < 4.78 is 1.89. The van der Waals surface area contributed by atoms with Crippen LogP contribution in [0.15, 0.2) is 61.2 Å². The van der Waals surface area contributed by atoms with Gasteiger partial charge in [-0.15, -0.1) is 0 Å².